The number of ether oxygens (including phenoxy) is 1. The number of methoxy groups -OCH3 is 1. The number of carbonyl (C=O) groups is 1. The minimum Gasteiger partial charge on any atom is -0.468 e. The van der Waals surface area contributed by atoms with Crippen LogP contribution in [-0.4, -0.2) is 30.8 Å². The van der Waals surface area contributed by atoms with Gasteiger partial charge in [-0.05, 0) is 37.5 Å². The van der Waals surface area contributed by atoms with Crippen LogP contribution >= 0.6 is 0 Å². The van der Waals surface area contributed by atoms with E-state index in [4.69, 9.17) is 10.8 Å². The van der Waals surface area contributed by atoms with Crippen molar-refractivity contribution in [2.45, 2.75) is 31.7 Å². The Morgan fingerprint density at radius 1 is 1.50 bits per heavy atom. The Balaban J connectivity index is 2.37. The molecule has 0 saturated heterocycles. The Bertz CT molecular complexity index is 188. The Morgan fingerprint density at radius 2 is 2.07 bits per heavy atom. The summed E-state index contributed by atoms with van der Waals surface area (Å²) in [5.41, 5.74) is 5.75. The number of hydrogen-bond donors (Lipinski definition) is 2. The fourth-order valence-corrected chi connectivity index (χ4v) is 2.06. The van der Waals surface area contributed by atoms with E-state index in [1.165, 1.54) is 7.11 Å². The van der Waals surface area contributed by atoms with Crippen molar-refractivity contribution in [2.24, 2.45) is 17.6 Å². The maximum absolute atomic E-state index is 11.2. The topological polar surface area (TPSA) is 72.5 Å². The molecule has 4 nitrogen and oxygen atoms in total. The molecule has 1 rings (SSSR count). The molecule has 14 heavy (non-hydrogen) atoms. The van der Waals surface area contributed by atoms with Gasteiger partial charge in [0, 0.05) is 6.61 Å². The second kappa shape index (κ2) is 5.32. The summed E-state index contributed by atoms with van der Waals surface area (Å²) >= 11 is 0. The SMILES string of the molecule is COC(=O)[C@@H](N)[C@H]1CC[C@H](CO)CC1. The van der Waals surface area contributed by atoms with Crippen molar-refractivity contribution in [3.63, 3.8) is 0 Å². The van der Waals surface area contributed by atoms with E-state index >= 15 is 0 Å². The molecule has 0 aliphatic heterocycles. The van der Waals surface area contributed by atoms with Crippen LogP contribution in [0, 0.1) is 11.8 Å². The van der Waals surface area contributed by atoms with Gasteiger partial charge >= 0.3 is 5.97 Å². The van der Waals surface area contributed by atoms with E-state index in [1.54, 1.807) is 0 Å². The summed E-state index contributed by atoms with van der Waals surface area (Å²) in [4.78, 5) is 11.2. The number of hydrogen-bond acceptors (Lipinski definition) is 4. The summed E-state index contributed by atoms with van der Waals surface area (Å²) in [6, 6.07) is -0.486. The van der Waals surface area contributed by atoms with E-state index in [1.807, 2.05) is 0 Å². The second-order valence-corrected chi connectivity index (χ2v) is 4.01. The predicted molar refractivity (Wildman–Crippen MR) is 52.5 cm³/mol. The van der Waals surface area contributed by atoms with Crippen molar-refractivity contribution in [1.29, 1.82) is 0 Å². The normalized spacial score (nSPS) is 29.6. The molecule has 1 atom stereocenters. The van der Waals surface area contributed by atoms with Crippen LogP contribution in [0.5, 0.6) is 0 Å². The highest BCUT2D eigenvalue weighted by atomic mass is 16.5. The molecule has 1 aliphatic rings. The zero-order valence-corrected chi connectivity index (χ0v) is 8.61. The summed E-state index contributed by atoms with van der Waals surface area (Å²) in [5.74, 6) is 0.304. The molecule has 0 aromatic carbocycles. The molecule has 0 aromatic rings. The molecule has 0 unspecified atom stereocenters. The number of aliphatic hydroxyl groups excluding tert-OH is 1. The van der Waals surface area contributed by atoms with Crippen LogP contribution in [0.25, 0.3) is 0 Å². The summed E-state index contributed by atoms with van der Waals surface area (Å²) < 4.78 is 4.61. The summed E-state index contributed by atoms with van der Waals surface area (Å²) in [7, 11) is 1.36. The predicted octanol–water partition coefficient (Wildman–Crippen LogP) is 0.285. The highest BCUT2D eigenvalue weighted by molar-refractivity contribution is 5.75. The lowest BCUT2D eigenvalue weighted by Gasteiger charge is -2.29. The number of carbonyl (C=O) groups excluding carboxylic acids is 1. The van der Waals surface area contributed by atoms with Crippen LogP contribution in [0.3, 0.4) is 0 Å². The van der Waals surface area contributed by atoms with Gasteiger partial charge in [-0.25, -0.2) is 0 Å². The largest absolute Gasteiger partial charge is 0.468 e. The average Bonchev–Trinajstić information content (AvgIpc) is 2.27. The highest BCUT2D eigenvalue weighted by Crippen LogP contribution is 2.30. The maximum Gasteiger partial charge on any atom is 0.322 e. The quantitative estimate of drug-likeness (QED) is 0.643. The number of esters is 1. The molecule has 82 valence electrons. The molecule has 0 spiro atoms. The van der Waals surface area contributed by atoms with E-state index in [-0.39, 0.29) is 18.5 Å². The van der Waals surface area contributed by atoms with E-state index in [2.05, 4.69) is 4.74 Å². The van der Waals surface area contributed by atoms with Gasteiger partial charge in [0.25, 0.3) is 0 Å². The Kier molecular flexibility index (Phi) is 4.35. The molecule has 1 saturated carbocycles. The minimum atomic E-state index is -0.486. The first-order valence-electron chi connectivity index (χ1n) is 5.13. The molecule has 0 aromatic heterocycles. The monoisotopic (exact) mass is 201 g/mol. The van der Waals surface area contributed by atoms with Crippen LogP contribution < -0.4 is 5.73 Å². The Hall–Kier alpha value is -0.610. The van der Waals surface area contributed by atoms with Gasteiger partial charge in [-0.1, -0.05) is 0 Å². The van der Waals surface area contributed by atoms with E-state index in [0.717, 1.165) is 25.7 Å². The van der Waals surface area contributed by atoms with Crippen molar-refractivity contribution in [3.05, 3.63) is 0 Å². The van der Waals surface area contributed by atoms with Crippen LogP contribution in [0.15, 0.2) is 0 Å². The minimum absolute atomic E-state index is 0.227. The van der Waals surface area contributed by atoms with Gasteiger partial charge in [0.15, 0.2) is 0 Å². The summed E-state index contributed by atoms with van der Waals surface area (Å²) in [5, 5.41) is 8.95. The van der Waals surface area contributed by atoms with E-state index < -0.39 is 6.04 Å². The third-order valence-corrected chi connectivity index (χ3v) is 3.13. The first kappa shape index (κ1) is 11.5. The molecule has 0 bridgehead atoms. The average molecular weight is 201 g/mol. The van der Waals surface area contributed by atoms with Crippen molar-refractivity contribution in [3.8, 4) is 0 Å². The molecule has 1 fully saturated rings. The smallest absolute Gasteiger partial charge is 0.322 e. The van der Waals surface area contributed by atoms with Gasteiger partial charge in [-0.2, -0.15) is 0 Å². The highest BCUT2D eigenvalue weighted by Gasteiger charge is 2.29. The summed E-state index contributed by atoms with van der Waals surface area (Å²) in [6.45, 7) is 0.250. The third-order valence-electron chi connectivity index (χ3n) is 3.13. The fourth-order valence-electron chi connectivity index (χ4n) is 2.06. The van der Waals surface area contributed by atoms with Crippen molar-refractivity contribution in [1.82, 2.24) is 0 Å². The Morgan fingerprint density at radius 3 is 2.50 bits per heavy atom. The standard InChI is InChI=1S/C10H19NO3/c1-14-10(13)9(11)8-4-2-7(6-12)3-5-8/h7-9,12H,2-6,11H2,1H3/t7-,8-,9-/m0/s1. The molecule has 0 amide bonds. The fraction of sp³-hybridized carbons (Fsp3) is 0.900. The van der Waals surface area contributed by atoms with Gasteiger partial charge in [0.1, 0.15) is 6.04 Å². The summed E-state index contributed by atoms with van der Waals surface area (Å²) in [6.07, 6.45) is 3.76. The van der Waals surface area contributed by atoms with Crippen molar-refractivity contribution < 1.29 is 14.6 Å². The van der Waals surface area contributed by atoms with Crippen molar-refractivity contribution in [2.75, 3.05) is 13.7 Å². The van der Waals surface area contributed by atoms with Gasteiger partial charge in [-0.15, -0.1) is 0 Å². The van der Waals surface area contributed by atoms with Crippen LogP contribution in [0.4, 0.5) is 0 Å². The number of nitrogens with two attached hydrogens (primary N) is 1. The lowest BCUT2D eigenvalue weighted by molar-refractivity contribution is -0.143. The van der Waals surface area contributed by atoms with Gasteiger partial charge in [0.05, 0.1) is 7.11 Å². The van der Waals surface area contributed by atoms with E-state index in [0.29, 0.717) is 5.92 Å². The lowest BCUT2D eigenvalue weighted by atomic mass is 9.79. The van der Waals surface area contributed by atoms with Gasteiger partial charge in [0.2, 0.25) is 0 Å². The second-order valence-electron chi connectivity index (χ2n) is 4.01. The molecule has 0 radical (unpaired) electrons. The van der Waals surface area contributed by atoms with Gasteiger partial charge < -0.3 is 15.6 Å². The molecule has 0 heterocycles. The maximum atomic E-state index is 11.2. The van der Waals surface area contributed by atoms with Crippen LogP contribution in [0.2, 0.25) is 0 Å². The molecule has 3 N–H and O–H groups in total. The Labute approximate surface area is 84.4 Å². The first-order valence-corrected chi connectivity index (χ1v) is 5.13. The van der Waals surface area contributed by atoms with Crippen molar-refractivity contribution >= 4 is 5.97 Å². The third kappa shape index (κ3) is 2.69. The molecular weight excluding hydrogens is 182 g/mol. The number of rotatable bonds is 3. The first-order chi connectivity index (χ1) is 6.69. The van der Waals surface area contributed by atoms with E-state index in [9.17, 15) is 4.79 Å². The zero-order chi connectivity index (χ0) is 10.6. The van der Waals surface area contributed by atoms with Crippen LogP contribution in [-0.2, 0) is 9.53 Å². The van der Waals surface area contributed by atoms with Gasteiger partial charge in [-0.3, -0.25) is 4.79 Å². The zero-order valence-electron chi connectivity index (χ0n) is 8.61. The lowest BCUT2D eigenvalue weighted by Crippen LogP contribution is -2.40. The van der Waals surface area contributed by atoms with Crippen LogP contribution in [0.1, 0.15) is 25.7 Å². The molecular formula is C10H19NO3. The molecule has 1 aliphatic carbocycles. The number of aliphatic hydroxyl groups is 1. The molecule has 4 heteroatoms.